The maximum Gasteiger partial charge on any atom is 0.336 e. The number of nitrogens with zero attached hydrogens (tertiary/aromatic N) is 2. The molecule has 0 radical (unpaired) electrons. The molecule has 0 saturated heterocycles. The summed E-state index contributed by atoms with van der Waals surface area (Å²) in [4.78, 5) is 16.4. The van der Waals surface area contributed by atoms with Gasteiger partial charge in [0.25, 0.3) is 0 Å². The number of methoxy groups -OCH3 is 1. The van der Waals surface area contributed by atoms with E-state index in [-0.39, 0.29) is 5.63 Å². The summed E-state index contributed by atoms with van der Waals surface area (Å²) in [6.07, 6.45) is 3.68. The van der Waals surface area contributed by atoms with E-state index in [2.05, 4.69) is 20.9 Å². The molecule has 4 rings (SSSR count). The minimum atomic E-state index is -0.352. The van der Waals surface area contributed by atoms with Crippen molar-refractivity contribution in [2.75, 3.05) is 7.11 Å². The fourth-order valence-electron chi connectivity index (χ4n) is 2.80. The number of aromatic nitrogens is 2. The average Bonchev–Trinajstić information content (AvgIpc) is 3.14. The van der Waals surface area contributed by atoms with Crippen molar-refractivity contribution in [3.63, 3.8) is 0 Å². The Hall–Kier alpha value is -2.51. The Morgan fingerprint density at radius 1 is 1.19 bits per heavy atom. The van der Waals surface area contributed by atoms with E-state index in [9.17, 15) is 4.79 Å². The fourth-order valence-corrected chi connectivity index (χ4v) is 4.11. The topological polar surface area (TPSA) is 57.3 Å². The van der Waals surface area contributed by atoms with E-state index >= 15 is 0 Å². The monoisotopic (exact) mass is 442 g/mol. The molecule has 0 unspecified atom stereocenters. The van der Waals surface area contributed by atoms with Gasteiger partial charge in [0, 0.05) is 39.8 Å². The molecule has 5 nitrogen and oxygen atoms in total. The Balaban J connectivity index is 1.62. The van der Waals surface area contributed by atoms with Crippen molar-refractivity contribution in [3.8, 4) is 11.4 Å². The molecule has 0 aliphatic carbocycles. The molecule has 27 heavy (non-hydrogen) atoms. The molecular weight excluding hydrogens is 428 g/mol. The quantitative estimate of drug-likeness (QED) is 0.320. The summed E-state index contributed by atoms with van der Waals surface area (Å²) in [6, 6.07) is 15.0. The molecule has 2 heterocycles. The van der Waals surface area contributed by atoms with Gasteiger partial charge >= 0.3 is 5.63 Å². The van der Waals surface area contributed by atoms with Crippen molar-refractivity contribution < 1.29 is 9.15 Å². The number of halogens is 1. The average molecular weight is 443 g/mol. The lowest BCUT2D eigenvalue weighted by Crippen LogP contribution is -2.01. The van der Waals surface area contributed by atoms with Gasteiger partial charge in [0.15, 0.2) is 5.16 Å². The zero-order valence-corrected chi connectivity index (χ0v) is 16.8. The summed E-state index contributed by atoms with van der Waals surface area (Å²) in [7, 11) is 1.65. The van der Waals surface area contributed by atoms with Crippen LogP contribution >= 0.6 is 27.7 Å². The Kier molecular flexibility index (Phi) is 5.05. The van der Waals surface area contributed by atoms with E-state index in [1.807, 2.05) is 53.2 Å². The first kappa shape index (κ1) is 17.9. The van der Waals surface area contributed by atoms with Crippen LogP contribution in [0.5, 0.6) is 5.75 Å². The first-order valence-corrected chi connectivity index (χ1v) is 9.95. The van der Waals surface area contributed by atoms with E-state index < -0.39 is 0 Å². The molecule has 7 heteroatoms. The molecule has 0 bridgehead atoms. The zero-order valence-electron chi connectivity index (χ0n) is 14.4. The number of hydrogen-bond donors (Lipinski definition) is 0. The van der Waals surface area contributed by atoms with Crippen molar-refractivity contribution in [1.82, 2.24) is 9.55 Å². The van der Waals surface area contributed by atoms with Crippen molar-refractivity contribution in [2.45, 2.75) is 10.9 Å². The summed E-state index contributed by atoms with van der Waals surface area (Å²) >= 11 is 4.98. The minimum Gasteiger partial charge on any atom is -0.497 e. The first-order valence-electron chi connectivity index (χ1n) is 8.17. The maximum atomic E-state index is 11.9. The largest absolute Gasteiger partial charge is 0.497 e. The van der Waals surface area contributed by atoms with Crippen LogP contribution in [0.15, 0.2) is 79.8 Å². The van der Waals surface area contributed by atoms with E-state index in [1.165, 1.54) is 0 Å². The van der Waals surface area contributed by atoms with Crippen molar-refractivity contribution in [2.24, 2.45) is 0 Å². The number of benzene rings is 2. The molecule has 0 amide bonds. The highest BCUT2D eigenvalue weighted by molar-refractivity contribution is 9.10. The highest BCUT2D eigenvalue weighted by Crippen LogP contribution is 2.28. The Morgan fingerprint density at radius 3 is 2.78 bits per heavy atom. The van der Waals surface area contributed by atoms with Gasteiger partial charge in [-0.05, 0) is 48.0 Å². The van der Waals surface area contributed by atoms with Crippen molar-refractivity contribution in [1.29, 1.82) is 0 Å². The van der Waals surface area contributed by atoms with Gasteiger partial charge in [-0.15, -0.1) is 0 Å². The lowest BCUT2D eigenvalue weighted by atomic mass is 10.1. The molecule has 0 aliphatic heterocycles. The molecule has 4 aromatic rings. The summed E-state index contributed by atoms with van der Waals surface area (Å²) in [5, 5.41) is 1.77. The minimum absolute atomic E-state index is 0.352. The third kappa shape index (κ3) is 3.79. The van der Waals surface area contributed by atoms with Gasteiger partial charge in [-0.25, -0.2) is 9.78 Å². The maximum absolute atomic E-state index is 11.9. The number of hydrogen-bond acceptors (Lipinski definition) is 5. The first-order chi connectivity index (χ1) is 13.1. The van der Waals surface area contributed by atoms with E-state index in [4.69, 9.17) is 9.15 Å². The van der Waals surface area contributed by atoms with Crippen molar-refractivity contribution >= 4 is 38.7 Å². The lowest BCUT2D eigenvalue weighted by molar-refractivity contribution is 0.414. The Morgan fingerprint density at radius 2 is 2.00 bits per heavy atom. The predicted molar refractivity (Wildman–Crippen MR) is 110 cm³/mol. The molecule has 0 N–H and O–H groups in total. The summed E-state index contributed by atoms with van der Waals surface area (Å²) in [6.45, 7) is 0. The molecule has 0 saturated carbocycles. The van der Waals surface area contributed by atoms with Crippen LogP contribution in [0.25, 0.3) is 16.7 Å². The Bertz CT molecular complexity index is 1150. The summed E-state index contributed by atoms with van der Waals surface area (Å²) < 4.78 is 13.4. The molecule has 136 valence electrons. The van der Waals surface area contributed by atoms with Gasteiger partial charge in [0.05, 0.1) is 7.11 Å². The molecule has 0 atom stereocenters. The fraction of sp³-hybridized carbons (Fsp3) is 0.100. The Labute approximate surface area is 168 Å². The van der Waals surface area contributed by atoms with Gasteiger partial charge in [0.1, 0.15) is 11.3 Å². The second-order valence-electron chi connectivity index (χ2n) is 5.80. The zero-order chi connectivity index (χ0) is 18.8. The SMILES string of the molecule is COc1ccc(-n2ccnc2SCc2cc(=O)oc3cc(Br)ccc23)cc1. The van der Waals surface area contributed by atoms with Crippen LogP contribution in [0.1, 0.15) is 5.56 Å². The number of imidazole rings is 1. The van der Waals surface area contributed by atoms with E-state index in [0.29, 0.717) is 11.3 Å². The normalized spacial score (nSPS) is 11.0. The van der Waals surface area contributed by atoms with Crippen LogP contribution in [0, 0.1) is 0 Å². The van der Waals surface area contributed by atoms with E-state index in [1.54, 1.807) is 31.1 Å². The predicted octanol–water partition coefficient (Wildman–Crippen LogP) is 5.04. The molecule has 2 aromatic heterocycles. The van der Waals surface area contributed by atoms with Gasteiger partial charge < -0.3 is 9.15 Å². The second-order valence-corrected chi connectivity index (χ2v) is 7.66. The highest BCUT2D eigenvalue weighted by Gasteiger charge is 2.10. The number of ether oxygens (including phenoxy) is 1. The van der Waals surface area contributed by atoms with Gasteiger partial charge in [-0.1, -0.05) is 27.7 Å². The van der Waals surface area contributed by atoms with Crippen LogP contribution in [0.4, 0.5) is 0 Å². The van der Waals surface area contributed by atoms with Gasteiger partial charge in [-0.2, -0.15) is 0 Å². The smallest absolute Gasteiger partial charge is 0.336 e. The number of rotatable bonds is 5. The van der Waals surface area contributed by atoms with Crippen LogP contribution in [-0.4, -0.2) is 16.7 Å². The van der Waals surface area contributed by atoms with Crippen LogP contribution in [0.3, 0.4) is 0 Å². The highest BCUT2D eigenvalue weighted by atomic mass is 79.9. The third-order valence-corrected chi connectivity index (χ3v) is 5.62. The van der Waals surface area contributed by atoms with E-state index in [0.717, 1.165) is 32.0 Å². The summed E-state index contributed by atoms with van der Waals surface area (Å²) in [5.41, 5.74) is 2.14. The third-order valence-electron chi connectivity index (χ3n) is 4.11. The molecule has 0 spiro atoms. The van der Waals surface area contributed by atoms with Crippen LogP contribution < -0.4 is 10.4 Å². The van der Waals surface area contributed by atoms with Crippen LogP contribution in [-0.2, 0) is 5.75 Å². The second kappa shape index (κ2) is 7.62. The molecule has 0 fully saturated rings. The van der Waals surface area contributed by atoms with Crippen LogP contribution in [0.2, 0.25) is 0 Å². The number of fused-ring (bicyclic) bond motifs is 1. The molecule has 2 aromatic carbocycles. The standard InChI is InChI=1S/C20H15BrN2O3S/c1-25-16-5-3-15(4-6-16)23-9-8-22-20(23)27-12-13-10-19(24)26-18-11-14(21)2-7-17(13)18/h2-11H,12H2,1H3. The lowest BCUT2D eigenvalue weighted by Gasteiger charge is -2.09. The molecule has 0 aliphatic rings. The van der Waals surface area contributed by atoms with Gasteiger partial charge in [0.2, 0.25) is 0 Å². The molecular formula is C20H15BrN2O3S. The van der Waals surface area contributed by atoms with Crippen molar-refractivity contribution in [3.05, 3.63) is 81.4 Å². The van der Waals surface area contributed by atoms with Gasteiger partial charge in [-0.3, -0.25) is 4.57 Å². The summed E-state index contributed by atoms with van der Waals surface area (Å²) in [5.74, 6) is 1.42. The number of thioether (sulfide) groups is 1.